The lowest BCUT2D eigenvalue weighted by Crippen LogP contribution is -2.32. The molecular formula is C14H24N2S. The molecule has 0 aliphatic heterocycles. The fourth-order valence-corrected chi connectivity index (χ4v) is 2.63. The molecule has 0 fully saturated rings. The molecule has 0 saturated heterocycles. The predicted octanol–water partition coefficient (Wildman–Crippen LogP) is 2.60. The van der Waals surface area contributed by atoms with Gasteiger partial charge in [0, 0.05) is 24.9 Å². The van der Waals surface area contributed by atoms with Crippen molar-refractivity contribution in [2.75, 3.05) is 32.1 Å². The first-order valence-corrected chi connectivity index (χ1v) is 7.45. The Hall–Kier alpha value is -0.510. The highest BCUT2D eigenvalue weighted by Gasteiger charge is 2.15. The Bertz CT molecular complexity index is 332. The van der Waals surface area contributed by atoms with Crippen LogP contribution in [0.5, 0.6) is 0 Å². The van der Waals surface area contributed by atoms with Crippen LogP contribution in [0.2, 0.25) is 0 Å². The van der Waals surface area contributed by atoms with Crippen LogP contribution in [0.25, 0.3) is 0 Å². The first-order chi connectivity index (χ1) is 8.08. The fourth-order valence-electron chi connectivity index (χ4n) is 2.16. The molecule has 2 nitrogen and oxygen atoms in total. The normalized spacial score (nSPS) is 13.1. The Labute approximate surface area is 110 Å². The number of nitrogens with two attached hydrogens (primary N) is 1. The molecule has 1 rings (SSSR count). The molecule has 96 valence electrons. The van der Waals surface area contributed by atoms with Crippen LogP contribution >= 0.6 is 11.8 Å². The highest BCUT2D eigenvalue weighted by Crippen LogP contribution is 2.21. The van der Waals surface area contributed by atoms with Gasteiger partial charge in [0.25, 0.3) is 0 Å². The monoisotopic (exact) mass is 252 g/mol. The van der Waals surface area contributed by atoms with E-state index < -0.39 is 0 Å². The smallest absolute Gasteiger partial charge is 0.0467 e. The number of rotatable bonds is 6. The molecule has 1 unspecified atom stereocenters. The van der Waals surface area contributed by atoms with Gasteiger partial charge in [-0.2, -0.15) is 11.8 Å². The van der Waals surface area contributed by atoms with Gasteiger partial charge < -0.3 is 5.73 Å². The zero-order chi connectivity index (χ0) is 12.8. The van der Waals surface area contributed by atoms with Crippen molar-refractivity contribution in [3.8, 4) is 0 Å². The summed E-state index contributed by atoms with van der Waals surface area (Å²) in [7, 11) is 2.16. The maximum atomic E-state index is 5.93. The second kappa shape index (κ2) is 7.04. The maximum absolute atomic E-state index is 5.93. The number of benzene rings is 1. The van der Waals surface area contributed by atoms with E-state index in [4.69, 9.17) is 5.73 Å². The summed E-state index contributed by atoms with van der Waals surface area (Å²) in [5.74, 6) is 1.15. The van der Waals surface area contributed by atoms with Crippen LogP contribution in [0.4, 0.5) is 0 Å². The van der Waals surface area contributed by atoms with Crippen molar-refractivity contribution in [3.63, 3.8) is 0 Å². The van der Waals surface area contributed by atoms with Crippen molar-refractivity contribution < 1.29 is 0 Å². The van der Waals surface area contributed by atoms with Gasteiger partial charge in [-0.1, -0.05) is 29.3 Å². The third kappa shape index (κ3) is 4.34. The third-order valence-corrected chi connectivity index (χ3v) is 3.62. The summed E-state index contributed by atoms with van der Waals surface area (Å²) in [4.78, 5) is 2.35. The van der Waals surface area contributed by atoms with E-state index in [0.717, 1.165) is 12.3 Å². The zero-order valence-corrected chi connectivity index (χ0v) is 12.2. The molecule has 0 spiro atoms. The van der Waals surface area contributed by atoms with E-state index in [9.17, 15) is 0 Å². The molecule has 0 aliphatic carbocycles. The number of hydrogen-bond donors (Lipinski definition) is 1. The highest BCUT2D eigenvalue weighted by molar-refractivity contribution is 7.98. The summed E-state index contributed by atoms with van der Waals surface area (Å²) in [6, 6.07) is 7.04. The minimum absolute atomic E-state index is 0.334. The summed E-state index contributed by atoms with van der Waals surface area (Å²) >= 11 is 1.88. The van der Waals surface area contributed by atoms with Crippen LogP contribution in [-0.2, 0) is 0 Å². The lowest BCUT2D eigenvalue weighted by Gasteiger charge is -2.27. The molecule has 0 radical (unpaired) electrons. The molecule has 0 aliphatic rings. The molecule has 0 aromatic heterocycles. The van der Waals surface area contributed by atoms with Crippen LogP contribution in [0.1, 0.15) is 22.7 Å². The SMILES string of the molecule is CSCCN(C)C(CN)c1cc(C)cc(C)c1. The van der Waals surface area contributed by atoms with Gasteiger partial charge in [0.1, 0.15) is 0 Å². The van der Waals surface area contributed by atoms with Crippen molar-refractivity contribution in [3.05, 3.63) is 34.9 Å². The molecule has 0 heterocycles. The molecule has 17 heavy (non-hydrogen) atoms. The Kier molecular flexibility index (Phi) is 6.03. The zero-order valence-electron chi connectivity index (χ0n) is 11.4. The minimum atomic E-state index is 0.334. The van der Waals surface area contributed by atoms with Gasteiger partial charge in [0.05, 0.1) is 0 Å². The summed E-state index contributed by atoms with van der Waals surface area (Å²) < 4.78 is 0. The van der Waals surface area contributed by atoms with Gasteiger partial charge in [-0.3, -0.25) is 4.90 Å². The van der Waals surface area contributed by atoms with E-state index in [2.05, 4.69) is 50.2 Å². The summed E-state index contributed by atoms with van der Waals surface area (Å²) in [6.07, 6.45) is 2.14. The van der Waals surface area contributed by atoms with Crippen LogP contribution in [0.15, 0.2) is 18.2 Å². The molecule has 0 saturated carbocycles. The highest BCUT2D eigenvalue weighted by atomic mass is 32.2. The van der Waals surface area contributed by atoms with Crippen molar-refractivity contribution in [2.24, 2.45) is 5.73 Å². The largest absolute Gasteiger partial charge is 0.329 e. The Morgan fingerprint density at radius 3 is 2.29 bits per heavy atom. The minimum Gasteiger partial charge on any atom is -0.329 e. The summed E-state index contributed by atoms with van der Waals surface area (Å²) in [5, 5.41) is 0. The first kappa shape index (κ1) is 14.6. The Morgan fingerprint density at radius 2 is 1.82 bits per heavy atom. The first-order valence-electron chi connectivity index (χ1n) is 6.06. The van der Waals surface area contributed by atoms with E-state index in [0.29, 0.717) is 12.6 Å². The van der Waals surface area contributed by atoms with Crippen LogP contribution in [0.3, 0.4) is 0 Å². The molecule has 2 N–H and O–H groups in total. The topological polar surface area (TPSA) is 29.3 Å². The second-order valence-corrected chi connectivity index (χ2v) is 5.63. The number of nitrogens with zero attached hydrogens (tertiary/aromatic N) is 1. The lowest BCUT2D eigenvalue weighted by atomic mass is 10.0. The van der Waals surface area contributed by atoms with E-state index >= 15 is 0 Å². The second-order valence-electron chi connectivity index (χ2n) is 4.65. The maximum Gasteiger partial charge on any atom is 0.0467 e. The molecule has 0 bridgehead atoms. The molecule has 1 atom stereocenters. The van der Waals surface area contributed by atoms with Crippen LogP contribution in [0, 0.1) is 13.8 Å². The standard InChI is InChI=1S/C14H24N2S/c1-11-7-12(2)9-13(8-11)14(10-15)16(3)5-6-17-4/h7-9,14H,5-6,10,15H2,1-4H3. The average Bonchev–Trinajstić information content (AvgIpc) is 2.26. The van der Waals surface area contributed by atoms with Gasteiger partial charge in [0.15, 0.2) is 0 Å². The number of thioether (sulfide) groups is 1. The average molecular weight is 252 g/mol. The van der Waals surface area contributed by atoms with Gasteiger partial charge in [-0.05, 0) is 32.7 Å². The molecular weight excluding hydrogens is 228 g/mol. The predicted molar refractivity (Wildman–Crippen MR) is 78.7 cm³/mol. The Balaban J connectivity index is 2.84. The molecule has 0 amide bonds. The molecule has 1 aromatic rings. The van der Waals surface area contributed by atoms with Crippen molar-refractivity contribution in [1.82, 2.24) is 4.90 Å². The van der Waals surface area contributed by atoms with Crippen molar-refractivity contribution in [1.29, 1.82) is 0 Å². The lowest BCUT2D eigenvalue weighted by molar-refractivity contribution is 0.265. The van der Waals surface area contributed by atoms with Crippen molar-refractivity contribution in [2.45, 2.75) is 19.9 Å². The number of likely N-dealkylation sites (N-methyl/N-ethyl adjacent to an activating group) is 1. The fraction of sp³-hybridized carbons (Fsp3) is 0.571. The Morgan fingerprint density at radius 1 is 1.24 bits per heavy atom. The third-order valence-electron chi connectivity index (χ3n) is 3.03. The van der Waals surface area contributed by atoms with Gasteiger partial charge in [0.2, 0.25) is 0 Å². The summed E-state index contributed by atoms with van der Waals surface area (Å²) in [6.45, 7) is 6.04. The number of hydrogen-bond acceptors (Lipinski definition) is 3. The van der Waals surface area contributed by atoms with E-state index in [1.807, 2.05) is 11.8 Å². The van der Waals surface area contributed by atoms with E-state index in [1.54, 1.807) is 0 Å². The van der Waals surface area contributed by atoms with Crippen molar-refractivity contribution >= 4 is 11.8 Å². The van der Waals surface area contributed by atoms with Gasteiger partial charge in [-0.25, -0.2) is 0 Å². The van der Waals surface area contributed by atoms with E-state index in [-0.39, 0.29) is 0 Å². The van der Waals surface area contributed by atoms with Gasteiger partial charge >= 0.3 is 0 Å². The summed E-state index contributed by atoms with van der Waals surface area (Å²) in [5.41, 5.74) is 9.90. The van der Waals surface area contributed by atoms with Gasteiger partial charge in [-0.15, -0.1) is 0 Å². The molecule has 3 heteroatoms. The van der Waals surface area contributed by atoms with Crippen LogP contribution in [-0.4, -0.2) is 37.0 Å². The molecule has 1 aromatic carbocycles. The van der Waals surface area contributed by atoms with Crippen LogP contribution < -0.4 is 5.73 Å². The quantitative estimate of drug-likeness (QED) is 0.844. The number of aryl methyl sites for hydroxylation is 2. The van der Waals surface area contributed by atoms with E-state index in [1.165, 1.54) is 16.7 Å².